The summed E-state index contributed by atoms with van der Waals surface area (Å²) in [7, 11) is 0. The zero-order chi connectivity index (χ0) is 5.15. The van der Waals surface area contributed by atoms with Gasteiger partial charge in [0.1, 0.15) is 4.83 Å². The number of hydrogen-bond donors (Lipinski definition) is 1. The molecule has 0 aliphatic carbocycles. The van der Waals surface area contributed by atoms with Crippen molar-refractivity contribution in [1.82, 2.24) is 0 Å². The molecule has 0 aliphatic rings. The Kier molecular flexibility index (Phi) is 7.06. The number of carboxylic acid groups (broad SMARTS) is 1. The number of carboxylic acids is 1. The quantitative estimate of drug-likeness (QED) is 0.355. The first-order valence-electron chi connectivity index (χ1n) is 1.51. The van der Waals surface area contributed by atoms with Crippen molar-refractivity contribution in [2.45, 2.75) is 11.8 Å². The van der Waals surface area contributed by atoms with Gasteiger partial charge in [0.2, 0.25) is 0 Å². The van der Waals surface area contributed by atoms with Crippen LogP contribution in [0.5, 0.6) is 0 Å². The van der Waals surface area contributed by atoms with Gasteiger partial charge in [0.15, 0.2) is 0 Å². The predicted molar refractivity (Wildman–Crippen MR) is 27.1 cm³/mol. The van der Waals surface area contributed by atoms with Gasteiger partial charge in [-0.25, -0.2) is 0 Å². The first-order chi connectivity index (χ1) is 2.64. The largest absolute Gasteiger partial charge is 1.00 e. The van der Waals surface area contributed by atoms with E-state index in [4.69, 9.17) is 5.11 Å². The standard InChI is InChI=1S/C3H5BrO2.Li.H/c1-2(4)3(5)6;;/h2H,1H3,(H,5,6);;/q;+1;-1. The van der Waals surface area contributed by atoms with Gasteiger partial charge < -0.3 is 6.53 Å². The van der Waals surface area contributed by atoms with E-state index in [0.717, 1.165) is 0 Å². The first kappa shape index (κ1) is 10.5. The Morgan fingerprint density at radius 3 is 2.14 bits per heavy atom. The molecule has 0 saturated heterocycles. The van der Waals surface area contributed by atoms with E-state index in [0.29, 0.717) is 0 Å². The Hall–Kier alpha value is 0.547. The van der Waals surface area contributed by atoms with Gasteiger partial charge in [0.05, 0.1) is 0 Å². The molecule has 0 spiro atoms. The van der Waals surface area contributed by atoms with Gasteiger partial charge in [-0.2, -0.15) is 0 Å². The molecule has 1 unspecified atom stereocenters. The summed E-state index contributed by atoms with van der Waals surface area (Å²) in [4.78, 5) is 9.23. The average molecular weight is 161 g/mol. The SMILES string of the molecule is CC(Br)C(=O)O.[H-].[Li+]. The zero-order valence-corrected chi connectivity index (χ0v) is 5.90. The Labute approximate surface area is 64.1 Å². The second-order valence-corrected chi connectivity index (χ2v) is 2.33. The minimum Gasteiger partial charge on any atom is -1.00 e. The van der Waals surface area contributed by atoms with Crippen LogP contribution in [0, 0.1) is 0 Å². The number of carbonyl (C=O) groups is 1. The van der Waals surface area contributed by atoms with Crippen LogP contribution in [-0.4, -0.2) is 15.9 Å². The summed E-state index contributed by atoms with van der Waals surface area (Å²) in [6, 6.07) is 0. The van der Waals surface area contributed by atoms with Crippen molar-refractivity contribution >= 4 is 21.9 Å². The fourth-order valence-electron chi connectivity index (χ4n) is 0. The Morgan fingerprint density at radius 2 is 2.14 bits per heavy atom. The van der Waals surface area contributed by atoms with Crippen molar-refractivity contribution in [3.8, 4) is 0 Å². The van der Waals surface area contributed by atoms with E-state index >= 15 is 0 Å². The molecule has 0 radical (unpaired) electrons. The van der Waals surface area contributed by atoms with Crippen molar-refractivity contribution in [1.29, 1.82) is 0 Å². The first-order valence-corrected chi connectivity index (χ1v) is 2.43. The smallest absolute Gasteiger partial charge is 1.00 e. The van der Waals surface area contributed by atoms with Crippen LogP contribution < -0.4 is 18.9 Å². The fourth-order valence-corrected chi connectivity index (χ4v) is 0. The number of halogens is 1. The van der Waals surface area contributed by atoms with Crippen LogP contribution in [0.3, 0.4) is 0 Å². The second-order valence-electron chi connectivity index (χ2n) is 0.954. The molecule has 0 aliphatic heterocycles. The molecule has 0 aromatic rings. The van der Waals surface area contributed by atoms with Gasteiger partial charge in [-0.1, -0.05) is 15.9 Å². The predicted octanol–water partition coefficient (Wildman–Crippen LogP) is -2.03. The number of rotatable bonds is 1. The average Bonchev–Trinajstić information content (AvgIpc) is 1.36. The van der Waals surface area contributed by atoms with Crippen LogP contribution >= 0.6 is 15.9 Å². The molecule has 0 heterocycles. The van der Waals surface area contributed by atoms with Crippen molar-refractivity contribution in [2.24, 2.45) is 0 Å². The maximum Gasteiger partial charge on any atom is 1.00 e. The molecule has 0 bridgehead atoms. The number of aliphatic carboxylic acids is 1. The summed E-state index contributed by atoms with van der Waals surface area (Å²) >= 11 is 2.84. The van der Waals surface area contributed by atoms with E-state index in [2.05, 4.69) is 15.9 Å². The van der Waals surface area contributed by atoms with Gasteiger partial charge in [-0.15, -0.1) is 0 Å². The normalized spacial score (nSPS) is 11.7. The summed E-state index contributed by atoms with van der Waals surface area (Å²) in [5.41, 5.74) is 0. The molecule has 0 aromatic carbocycles. The van der Waals surface area contributed by atoms with Crippen molar-refractivity contribution in [2.75, 3.05) is 0 Å². The van der Waals surface area contributed by atoms with Crippen LogP contribution in [0.1, 0.15) is 8.35 Å². The molecular weight excluding hydrogens is 155 g/mol. The van der Waals surface area contributed by atoms with Crippen molar-refractivity contribution in [3.05, 3.63) is 0 Å². The molecule has 0 amide bonds. The van der Waals surface area contributed by atoms with Gasteiger partial charge in [-0.3, -0.25) is 4.79 Å². The molecule has 0 aromatic heterocycles. The van der Waals surface area contributed by atoms with Crippen LogP contribution in [0.4, 0.5) is 0 Å². The van der Waals surface area contributed by atoms with Gasteiger partial charge in [0, 0.05) is 0 Å². The van der Waals surface area contributed by atoms with Crippen molar-refractivity contribution < 1.29 is 30.2 Å². The van der Waals surface area contributed by atoms with Crippen LogP contribution in [0.2, 0.25) is 0 Å². The maximum absolute atomic E-state index is 9.65. The monoisotopic (exact) mass is 160 g/mol. The van der Waals surface area contributed by atoms with E-state index in [1.807, 2.05) is 0 Å². The van der Waals surface area contributed by atoms with E-state index in [9.17, 15) is 4.79 Å². The summed E-state index contributed by atoms with van der Waals surface area (Å²) in [5.74, 6) is -0.824. The third-order valence-electron chi connectivity index (χ3n) is 0.340. The molecule has 0 saturated carbocycles. The molecule has 0 fully saturated rings. The van der Waals surface area contributed by atoms with Gasteiger partial charge in [-0.05, 0) is 6.92 Å². The summed E-state index contributed by atoms with van der Waals surface area (Å²) in [5, 5.41) is 7.94. The molecule has 0 rings (SSSR count). The Balaban J connectivity index is -0.000000125. The Bertz CT molecular complexity index is 68.3. The second kappa shape index (κ2) is 4.70. The Morgan fingerprint density at radius 1 is 2.00 bits per heavy atom. The maximum atomic E-state index is 9.65. The summed E-state index contributed by atoms with van der Waals surface area (Å²) < 4.78 is 0. The van der Waals surface area contributed by atoms with Gasteiger partial charge in [0.25, 0.3) is 0 Å². The van der Waals surface area contributed by atoms with Crippen LogP contribution in [-0.2, 0) is 4.79 Å². The topological polar surface area (TPSA) is 37.3 Å². The molecule has 4 heteroatoms. The van der Waals surface area contributed by atoms with Crippen LogP contribution in [0.25, 0.3) is 0 Å². The molecule has 2 nitrogen and oxygen atoms in total. The molecule has 1 atom stereocenters. The minimum absolute atomic E-state index is 0. The number of alkyl halides is 1. The molecule has 7 heavy (non-hydrogen) atoms. The third-order valence-corrected chi connectivity index (χ3v) is 0.732. The molecular formula is C3H6BrLiO2. The zero-order valence-electron chi connectivity index (χ0n) is 5.31. The van der Waals surface area contributed by atoms with E-state index in [1.54, 1.807) is 6.92 Å². The summed E-state index contributed by atoms with van der Waals surface area (Å²) in [6.45, 7) is 1.56. The number of hydrogen-bond acceptors (Lipinski definition) is 1. The van der Waals surface area contributed by atoms with Crippen molar-refractivity contribution in [3.63, 3.8) is 0 Å². The van der Waals surface area contributed by atoms with Crippen LogP contribution in [0.15, 0.2) is 0 Å². The molecule has 38 valence electrons. The fraction of sp³-hybridized carbons (Fsp3) is 0.667. The van der Waals surface area contributed by atoms with Gasteiger partial charge >= 0.3 is 24.8 Å². The summed E-state index contributed by atoms with van der Waals surface area (Å²) in [6.07, 6.45) is 0. The van der Waals surface area contributed by atoms with E-state index in [1.165, 1.54) is 0 Å². The minimum atomic E-state index is -0.824. The third kappa shape index (κ3) is 6.55. The van der Waals surface area contributed by atoms with E-state index in [-0.39, 0.29) is 20.3 Å². The van der Waals surface area contributed by atoms with E-state index < -0.39 is 10.8 Å². The molecule has 1 N–H and O–H groups in total.